The van der Waals surface area contributed by atoms with Gasteiger partial charge in [0, 0.05) is 50.2 Å². The maximum Gasteiger partial charge on any atom is 0.225 e. The number of hydrogen-bond acceptors (Lipinski definition) is 8. The van der Waals surface area contributed by atoms with Gasteiger partial charge in [-0.05, 0) is 90.3 Å². The highest BCUT2D eigenvalue weighted by atomic mass is 19.1. The number of rotatable bonds is 7. The predicted octanol–water partition coefficient (Wildman–Crippen LogP) is 5.10. The molecule has 1 aliphatic heterocycles. The molecule has 3 aromatic rings. The Kier molecular flexibility index (Phi) is 8.74. The first-order valence-corrected chi connectivity index (χ1v) is 16.0. The summed E-state index contributed by atoms with van der Waals surface area (Å²) in [5.41, 5.74) is 0.638. The number of anilines is 3. The molecule has 10 nitrogen and oxygen atoms in total. The first-order valence-electron chi connectivity index (χ1n) is 16.0. The van der Waals surface area contributed by atoms with Crippen molar-refractivity contribution in [2.45, 2.75) is 82.9 Å². The summed E-state index contributed by atoms with van der Waals surface area (Å²) >= 11 is 0. The van der Waals surface area contributed by atoms with Crippen molar-refractivity contribution in [1.29, 1.82) is 0 Å². The summed E-state index contributed by atoms with van der Waals surface area (Å²) in [6.07, 6.45) is 8.37. The minimum atomic E-state index is -0.708. The lowest BCUT2D eigenvalue weighted by atomic mass is 9.77. The average molecular weight is 611 g/mol. The molecule has 44 heavy (non-hydrogen) atoms. The number of fused-ring (bicyclic) bond motifs is 1. The molecule has 6 rings (SSSR count). The third-order valence-corrected chi connectivity index (χ3v) is 9.90. The second-order valence-electron chi connectivity index (χ2n) is 13.4. The maximum atomic E-state index is 14.7. The van der Waals surface area contributed by atoms with Crippen LogP contribution in [0.3, 0.4) is 0 Å². The van der Waals surface area contributed by atoms with Crippen LogP contribution in [0.15, 0.2) is 24.4 Å². The Labute approximate surface area is 257 Å². The number of benzene rings is 1. The van der Waals surface area contributed by atoms with Crippen molar-refractivity contribution in [1.82, 2.24) is 29.3 Å². The molecule has 0 bridgehead atoms. The number of aromatic nitrogens is 4. The second-order valence-corrected chi connectivity index (χ2v) is 13.4. The average Bonchev–Trinajstić information content (AvgIpc) is 3.35. The van der Waals surface area contributed by atoms with Crippen molar-refractivity contribution in [2.75, 3.05) is 43.9 Å². The van der Waals surface area contributed by atoms with E-state index in [-0.39, 0.29) is 35.5 Å². The highest BCUT2D eigenvalue weighted by molar-refractivity contribution is 5.79. The topological polar surface area (TPSA) is 111 Å². The van der Waals surface area contributed by atoms with Crippen LogP contribution in [0, 0.1) is 23.5 Å². The van der Waals surface area contributed by atoms with Crippen LogP contribution in [-0.4, -0.2) is 85.2 Å². The van der Waals surface area contributed by atoms with E-state index in [1.807, 2.05) is 23.3 Å². The summed E-state index contributed by atoms with van der Waals surface area (Å²) in [6.45, 7) is 7.09. The van der Waals surface area contributed by atoms with Crippen molar-refractivity contribution in [3.8, 4) is 0 Å². The van der Waals surface area contributed by atoms with E-state index in [9.17, 15) is 18.7 Å². The molecule has 0 radical (unpaired) electrons. The lowest BCUT2D eigenvalue weighted by Crippen LogP contribution is -2.49. The first-order chi connectivity index (χ1) is 21.0. The summed E-state index contributed by atoms with van der Waals surface area (Å²) in [6, 6.07) is 3.61. The van der Waals surface area contributed by atoms with Crippen molar-refractivity contribution in [3.63, 3.8) is 0 Å². The number of nitrogens with zero attached hydrogens (tertiary/aromatic N) is 6. The molecule has 3 N–H and O–H groups in total. The summed E-state index contributed by atoms with van der Waals surface area (Å²) in [7, 11) is 2.08. The van der Waals surface area contributed by atoms with E-state index in [1.165, 1.54) is 12.1 Å². The van der Waals surface area contributed by atoms with Gasteiger partial charge in [0.25, 0.3) is 0 Å². The zero-order chi connectivity index (χ0) is 31.0. The molecular formula is C32H44F2N8O2. The SMILES string of the molecule is CN1CCN(C(=O)[C@H]2CC[C@@H](n3c(Nc4ccc(F)cc4F)nc4cnc(N[C@H]5CC[C@H](C(C)(C)O)CC5)nc43)CC2)CC1. The number of carbonyl (C=O) groups excluding carboxylic acids is 1. The number of piperazine rings is 1. The van der Waals surface area contributed by atoms with E-state index < -0.39 is 17.2 Å². The molecule has 0 unspecified atom stereocenters. The van der Waals surface area contributed by atoms with E-state index in [0.29, 0.717) is 23.1 Å². The molecule has 1 aromatic carbocycles. The van der Waals surface area contributed by atoms with Crippen molar-refractivity contribution >= 4 is 34.7 Å². The minimum Gasteiger partial charge on any atom is -0.390 e. The fourth-order valence-electron chi connectivity index (χ4n) is 7.10. The number of likely N-dealkylation sites (N-methyl/N-ethyl adjacent to an activating group) is 1. The summed E-state index contributed by atoms with van der Waals surface area (Å²) < 4.78 is 30.3. The lowest BCUT2D eigenvalue weighted by molar-refractivity contribution is -0.138. The first kappa shape index (κ1) is 30.6. The molecule has 3 fully saturated rings. The molecule has 2 aromatic heterocycles. The van der Waals surface area contributed by atoms with Gasteiger partial charge in [-0.25, -0.2) is 18.7 Å². The smallest absolute Gasteiger partial charge is 0.225 e. The fourth-order valence-corrected chi connectivity index (χ4v) is 7.10. The van der Waals surface area contributed by atoms with Crippen LogP contribution in [0.25, 0.3) is 11.2 Å². The van der Waals surface area contributed by atoms with E-state index in [1.54, 1.807) is 6.20 Å². The van der Waals surface area contributed by atoms with Gasteiger partial charge < -0.3 is 25.5 Å². The van der Waals surface area contributed by atoms with Gasteiger partial charge >= 0.3 is 0 Å². The highest BCUT2D eigenvalue weighted by Gasteiger charge is 2.34. The van der Waals surface area contributed by atoms with E-state index in [2.05, 4.69) is 27.6 Å². The number of aliphatic hydroxyl groups is 1. The molecule has 3 heterocycles. The van der Waals surface area contributed by atoms with Crippen LogP contribution >= 0.6 is 0 Å². The number of imidazole rings is 1. The maximum absolute atomic E-state index is 14.7. The zero-order valence-corrected chi connectivity index (χ0v) is 25.9. The molecule has 0 atom stereocenters. The Hall–Kier alpha value is -3.38. The third kappa shape index (κ3) is 6.66. The highest BCUT2D eigenvalue weighted by Crippen LogP contribution is 2.38. The summed E-state index contributed by atoms with van der Waals surface area (Å²) in [4.78, 5) is 31.7. The van der Waals surface area contributed by atoms with Crippen LogP contribution in [-0.2, 0) is 4.79 Å². The Balaban J connectivity index is 1.23. The number of hydrogen-bond donors (Lipinski definition) is 3. The Morgan fingerprint density at radius 3 is 2.34 bits per heavy atom. The van der Waals surface area contributed by atoms with Crippen LogP contribution in [0.2, 0.25) is 0 Å². The fraction of sp³-hybridized carbons (Fsp3) is 0.625. The van der Waals surface area contributed by atoms with Crippen LogP contribution in [0.1, 0.15) is 71.3 Å². The Morgan fingerprint density at radius 1 is 0.977 bits per heavy atom. The molecule has 12 heteroatoms. The standard InChI is InChI=1S/C32H44F2N8O2/c1-32(2,44)21-6-9-23(10-7-21)36-30-35-19-27-28(39-30)42(31(38-27)37-26-13-8-22(33)18-25(26)34)24-11-4-20(5-12-24)29(43)41-16-14-40(3)15-17-41/h8,13,18-21,23-24,44H,4-7,9-12,14-17H2,1-3H3,(H,37,38)(H,35,36,39)/t20-,21-,23-,24+. The van der Waals surface area contributed by atoms with Gasteiger partial charge in [-0.15, -0.1) is 0 Å². The van der Waals surface area contributed by atoms with Gasteiger partial charge in [0.1, 0.15) is 17.2 Å². The van der Waals surface area contributed by atoms with Gasteiger partial charge in [-0.2, -0.15) is 4.98 Å². The number of halogens is 2. The van der Waals surface area contributed by atoms with Crippen molar-refractivity contribution in [3.05, 3.63) is 36.0 Å². The van der Waals surface area contributed by atoms with Gasteiger partial charge in [0.2, 0.25) is 17.8 Å². The summed E-state index contributed by atoms with van der Waals surface area (Å²) in [5.74, 6) is 0.0563. The molecule has 0 spiro atoms. The molecule has 238 valence electrons. The van der Waals surface area contributed by atoms with Crippen LogP contribution in [0.5, 0.6) is 0 Å². The van der Waals surface area contributed by atoms with Gasteiger partial charge in [0.15, 0.2) is 5.65 Å². The zero-order valence-electron chi connectivity index (χ0n) is 25.9. The van der Waals surface area contributed by atoms with Gasteiger partial charge in [-0.1, -0.05) is 0 Å². The van der Waals surface area contributed by atoms with Crippen molar-refractivity contribution < 1.29 is 18.7 Å². The molecule has 1 saturated heterocycles. The minimum absolute atomic E-state index is 0.00692. The molecule has 2 aliphatic carbocycles. The van der Waals surface area contributed by atoms with E-state index in [4.69, 9.17) is 9.97 Å². The molecule has 3 aliphatic rings. The molecular weight excluding hydrogens is 566 g/mol. The van der Waals surface area contributed by atoms with E-state index >= 15 is 0 Å². The predicted molar refractivity (Wildman–Crippen MR) is 166 cm³/mol. The quantitative estimate of drug-likeness (QED) is 0.339. The van der Waals surface area contributed by atoms with Crippen LogP contribution < -0.4 is 10.6 Å². The van der Waals surface area contributed by atoms with Gasteiger partial charge in [-0.3, -0.25) is 9.36 Å². The number of amides is 1. The second kappa shape index (κ2) is 12.5. The van der Waals surface area contributed by atoms with Crippen molar-refractivity contribution in [2.24, 2.45) is 11.8 Å². The molecule has 1 amide bonds. The Bertz CT molecular complexity index is 1470. The van der Waals surface area contributed by atoms with Crippen LogP contribution in [0.4, 0.5) is 26.4 Å². The Morgan fingerprint density at radius 2 is 1.68 bits per heavy atom. The normalized spacial score (nSPS) is 25.3. The number of nitrogens with one attached hydrogen (secondary N) is 2. The third-order valence-electron chi connectivity index (χ3n) is 9.90. The van der Waals surface area contributed by atoms with E-state index in [0.717, 1.165) is 83.6 Å². The van der Waals surface area contributed by atoms with Gasteiger partial charge in [0.05, 0.1) is 17.5 Å². The molecule has 2 saturated carbocycles. The lowest BCUT2D eigenvalue weighted by Gasteiger charge is -2.37. The monoisotopic (exact) mass is 610 g/mol. The largest absolute Gasteiger partial charge is 0.390 e. The number of carbonyl (C=O) groups is 1. The summed E-state index contributed by atoms with van der Waals surface area (Å²) in [5, 5.41) is 17.0.